The summed E-state index contributed by atoms with van der Waals surface area (Å²) in [5.41, 5.74) is 3.85. The lowest BCUT2D eigenvalue weighted by atomic mass is 10.0. The molecule has 3 aromatic rings. The topological polar surface area (TPSA) is 117 Å². The first-order valence-corrected chi connectivity index (χ1v) is 18.3. The number of urea groups is 1. The Morgan fingerprint density at radius 1 is 0.796 bits per heavy atom. The fraction of sp³-hybridized carbons (Fsp3) is 0.568. The van der Waals surface area contributed by atoms with Gasteiger partial charge in [-0.2, -0.15) is 5.10 Å². The molecule has 2 aromatic carbocycles. The van der Waals surface area contributed by atoms with Crippen LogP contribution in [0.5, 0.6) is 0 Å². The van der Waals surface area contributed by atoms with Gasteiger partial charge in [-0.15, -0.1) is 0 Å². The maximum Gasteiger partial charge on any atom is 0.410 e. The Labute approximate surface area is 287 Å². The molecular formula is C37H48N8O4. The standard InChI is InChI=1S/C37H48N8O4/c46-35(43-21-19-42(20-22-43)30-10-14-41(15-11-30)29-6-7-29)34(24-26-5-8-33-28(23-26)25-38-40-33)49-37(48)44-16-12-31(13-17-44)45-18-9-27-3-1-2-4-32(27)39-36(45)47/h1-5,8,23,25,29-31,34H,6-7,9-22,24H2,(H,38,40)(H,39,47). The van der Waals surface area contributed by atoms with E-state index in [4.69, 9.17) is 4.74 Å². The number of piperidine rings is 2. The zero-order valence-corrected chi connectivity index (χ0v) is 28.3. The molecule has 8 rings (SSSR count). The van der Waals surface area contributed by atoms with Gasteiger partial charge in [-0.1, -0.05) is 24.3 Å². The second-order valence-electron chi connectivity index (χ2n) is 14.5. The number of para-hydroxylation sites is 1. The first kappa shape index (κ1) is 32.1. The normalized spacial score (nSPS) is 22.4. The lowest BCUT2D eigenvalue weighted by molar-refractivity contribution is -0.143. The number of aromatic nitrogens is 2. The van der Waals surface area contributed by atoms with Crippen molar-refractivity contribution in [3.8, 4) is 0 Å². The fourth-order valence-electron chi connectivity index (χ4n) is 8.37. The molecule has 1 aromatic heterocycles. The van der Waals surface area contributed by atoms with Crippen LogP contribution in [0.1, 0.15) is 49.7 Å². The zero-order valence-electron chi connectivity index (χ0n) is 28.3. The van der Waals surface area contributed by atoms with Gasteiger partial charge in [0.1, 0.15) is 0 Å². The van der Waals surface area contributed by atoms with E-state index in [0.29, 0.717) is 58.0 Å². The van der Waals surface area contributed by atoms with Crippen LogP contribution < -0.4 is 5.32 Å². The minimum atomic E-state index is -0.919. The lowest BCUT2D eigenvalue weighted by Crippen LogP contribution is -2.56. The van der Waals surface area contributed by atoms with Gasteiger partial charge < -0.3 is 29.7 Å². The first-order chi connectivity index (χ1) is 24.0. The van der Waals surface area contributed by atoms with Crippen molar-refractivity contribution >= 4 is 34.6 Å². The molecule has 5 aliphatic rings. The summed E-state index contributed by atoms with van der Waals surface area (Å²) in [6, 6.07) is 15.2. The van der Waals surface area contributed by atoms with Gasteiger partial charge in [0, 0.05) is 81.4 Å². The third kappa shape index (κ3) is 7.12. The molecule has 4 fully saturated rings. The number of aromatic amines is 1. The summed E-state index contributed by atoms with van der Waals surface area (Å²) in [6.07, 6.45) is 7.93. The average Bonchev–Trinajstić information content (AvgIpc) is 3.91. The van der Waals surface area contributed by atoms with Gasteiger partial charge in [0.25, 0.3) is 5.91 Å². The Hall–Kier alpha value is -4.16. The number of nitrogens with zero attached hydrogens (tertiary/aromatic N) is 6. The number of benzene rings is 2. The third-order valence-electron chi connectivity index (χ3n) is 11.5. The van der Waals surface area contributed by atoms with Crippen molar-refractivity contribution in [1.29, 1.82) is 0 Å². The van der Waals surface area contributed by atoms with Crippen molar-refractivity contribution < 1.29 is 19.1 Å². The molecule has 12 heteroatoms. The second kappa shape index (κ2) is 14.0. The van der Waals surface area contributed by atoms with Gasteiger partial charge in [0.05, 0.1) is 11.7 Å². The first-order valence-electron chi connectivity index (χ1n) is 18.3. The molecule has 4 aliphatic heterocycles. The van der Waals surface area contributed by atoms with Crippen LogP contribution >= 0.6 is 0 Å². The highest BCUT2D eigenvalue weighted by molar-refractivity contribution is 5.91. The molecule has 1 unspecified atom stereocenters. The summed E-state index contributed by atoms with van der Waals surface area (Å²) in [4.78, 5) is 51.6. The largest absolute Gasteiger partial charge is 0.436 e. The highest BCUT2D eigenvalue weighted by Gasteiger charge is 2.37. The highest BCUT2D eigenvalue weighted by atomic mass is 16.6. The maximum absolute atomic E-state index is 14.1. The van der Waals surface area contributed by atoms with E-state index in [1.54, 1.807) is 11.1 Å². The minimum absolute atomic E-state index is 0.0368. The Morgan fingerprint density at radius 2 is 1.51 bits per heavy atom. The number of amides is 4. The number of hydrogen-bond donors (Lipinski definition) is 2. The fourth-order valence-corrected chi connectivity index (χ4v) is 8.37. The third-order valence-corrected chi connectivity index (χ3v) is 11.5. The van der Waals surface area contributed by atoms with Crippen molar-refractivity contribution in [3.05, 3.63) is 59.8 Å². The molecule has 0 bridgehead atoms. The smallest absolute Gasteiger partial charge is 0.410 e. The molecule has 0 spiro atoms. The van der Waals surface area contributed by atoms with Gasteiger partial charge >= 0.3 is 12.1 Å². The van der Waals surface area contributed by atoms with E-state index >= 15 is 0 Å². The molecule has 49 heavy (non-hydrogen) atoms. The Bertz CT molecular complexity index is 1650. The van der Waals surface area contributed by atoms with Gasteiger partial charge in [0.2, 0.25) is 0 Å². The molecule has 4 amide bonds. The maximum atomic E-state index is 14.1. The van der Waals surface area contributed by atoms with E-state index < -0.39 is 12.2 Å². The number of carbonyl (C=O) groups is 3. The molecule has 1 atom stereocenters. The Morgan fingerprint density at radius 3 is 2.29 bits per heavy atom. The number of H-pyrrole nitrogens is 1. The Balaban J connectivity index is 0.888. The summed E-state index contributed by atoms with van der Waals surface area (Å²) in [5.74, 6) is -0.125. The number of rotatable bonds is 7. The van der Waals surface area contributed by atoms with E-state index in [-0.39, 0.29) is 18.0 Å². The summed E-state index contributed by atoms with van der Waals surface area (Å²) in [6.45, 7) is 6.94. The van der Waals surface area contributed by atoms with E-state index in [0.717, 1.165) is 53.3 Å². The monoisotopic (exact) mass is 668 g/mol. The van der Waals surface area contributed by atoms with Crippen LogP contribution in [-0.4, -0.2) is 136 Å². The second-order valence-corrected chi connectivity index (χ2v) is 14.5. The van der Waals surface area contributed by atoms with Crippen molar-refractivity contribution in [3.63, 3.8) is 0 Å². The summed E-state index contributed by atoms with van der Waals surface area (Å²) < 4.78 is 6.11. The SMILES string of the molecule is O=C(OC(Cc1ccc2[nH]ncc2c1)C(=O)N1CCN(C2CCN(C3CC3)CC2)CC1)N1CCC(N2CCc3ccccc3NC2=O)CC1. The molecule has 260 valence electrons. The molecule has 2 N–H and O–H groups in total. The van der Waals surface area contributed by atoms with Crippen molar-refractivity contribution in [2.75, 3.05) is 64.2 Å². The molecule has 5 heterocycles. The number of anilines is 1. The van der Waals surface area contributed by atoms with E-state index in [1.165, 1.54) is 38.8 Å². The van der Waals surface area contributed by atoms with Crippen LogP contribution in [0.3, 0.4) is 0 Å². The minimum Gasteiger partial charge on any atom is -0.436 e. The molecule has 0 radical (unpaired) electrons. The molecule has 1 saturated carbocycles. The van der Waals surface area contributed by atoms with Crippen molar-refractivity contribution in [2.24, 2.45) is 0 Å². The van der Waals surface area contributed by atoms with Crippen molar-refractivity contribution in [2.45, 2.75) is 75.6 Å². The number of nitrogens with one attached hydrogen (secondary N) is 2. The number of carbonyl (C=O) groups excluding carboxylic acids is 3. The predicted octanol–water partition coefficient (Wildman–Crippen LogP) is 3.94. The number of piperazine rings is 1. The number of hydrogen-bond acceptors (Lipinski definition) is 7. The van der Waals surface area contributed by atoms with Gasteiger partial charge in [0.15, 0.2) is 6.10 Å². The molecule has 3 saturated heterocycles. The van der Waals surface area contributed by atoms with Crippen LogP contribution in [0.15, 0.2) is 48.7 Å². The van der Waals surface area contributed by atoms with Crippen LogP contribution in [0.25, 0.3) is 10.9 Å². The molecule has 12 nitrogen and oxygen atoms in total. The van der Waals surface area contributed by atoms with E-state index in [1.807, 2.05) is 46.2 Å². The van der Waals surface area contributed by atoms with E-state index in [9.17, 15) is 14.4 Å². The summed E-state index contributed by atoms with van der Waals surface area (Å²) in [5, 5.41) is 11.1. The average molecular weight is 669 g/mol. The van der Waals surface area contributed by atoms with Gasteiger partial charge in [-0.05, 0) is 87.4 Å². The number of fused-ring (bicyclic) bond motifs is 2. The number of likely N-dealkylation sites (tertiary alicyclic amines) is 2. The molecular weight excluding hydrogens is 620 g/mol. The quantitative estimate of drug-likeness (QED) is 0.392. The predicted molar refractivity (Wildman–Crippen MR) is 186 cm³/mol. The van der Waals surface area contributed by atoms with Gasteiger partial charge in [-0.25, -0.2) is 9.59 Å². The summed E-state index contributed by atoms with van der Waals surface area (Å²) >= 11 is 0. The lowest BCUT2D eigenvalue weighted by Gasteiger charge is -2.43. The van der Waals surface area contributed by atoms with Gasteiger partial charge in [-0.3, -0.25) is 14.8 Å². The Kier molecular flexibility index (Phi) is 9.15. The number of ether oxygens (including phenoxy) is 1. The zero-order chi connectivity index (χ0) is 33.3. The van der Waals surface area contributed by atoms with Crippen LogP contribution in [0, 0.1) is 0 Å². The van der Waals surface area contributed by atoms with Crippen LogP contribution in [0.2, 0.25) is 0 Å². The van der Waals surface area contributed by atoms with E-state index in [2.05, 4.69) is 31.4 Å². The van der Waals surface area contributed by atoms with Crippen molar-refractivity contribution in [1.82, 2.24) is 34.7 Å². The highest BCUT2D eigenvalue weighted by Crippen LogP contribution is 2.31. The van der Waals surface area contributed by atoms with Crippen LogP contribution in [0.4, 0.5) is 15.3 Å². The molecule has 1 aliphatic carbocycles. The summed E-state index contributed by atoms with van der Waals surface area (Å²) in [7, 11) is 0. The van der Waals surface area contributed by atoms with Crippen LogP contribution in [-0.2, 0) is 22.4 Å².